The Hall–Kier alpha value is -2.33. The van der Waals surface area contributed by atoms with Crippen molar-refractivity contribution in [2.45, 2.75) is 211 Å². The van der Waals surface area contributed by atoms with Crippen molar-refractivity contribution in [2.24, 2.45) is 11.7 Å². The van der Waals surface area contributed by atoms with Crippen LogP contribution in [0.15, 0.2) is 48.6 Å². The van der Waals surface area contributed by atoms with E-state index < -0.39 is 81.8 Å². The summed E-state index contributed by atoms with van der Waals surface area (Å²) in [6.45, 7) is 4.15. The second-order valence-corrected chi connectivity index (χ2v) is 20.0. The Balaban J connectivity index is 5.07. The molecule has 7 N–H and O–H groups in total. The molecule has 0 fully saturated rings. The van der Waals surface area contributed by atoms with E-state index in [0.717, 1.165) is 38.0 Å². The van der Waals surface area contributed by atoms with Crippen molar-refractivity contribution in [3.63, 3.8) is 0 Å². The predicted octanol–water partition coefficient (Wildman–Crippen LogP) is 10.5. The molecule has 0 aromatic heterocycles. The quantitative estimate of drug-likeness (QED) is 0.0109. The average Bonchev–Trinajstić information content (AvgIpc) is 3.29. The minimum atomic E-state index is -4.78. The first-order chi connectivity index (χ1) is 31.7. The van der Waals surface area contributed by atoms with E-state index in [2.05, 4.69) is 32.9 Å². The number of nitrogens with two attached hydrogens (primary N) is 1. The summed E-state index contributed by atoms with van der Waals surface area (Å²) in [6.07, 6.45) is 36.8. The Kier molecular flexibility index (Phi) is 42.4. The number of rotatable bonds is 46. The number of ether oxygens (including phenoxy) is 2. The Morgan fingerprint density at radius 3 is 1.92 bits per heavy atom. The third-order valence-electron chi connectivity index (χ3n) is 11.0. The van der Waals surface area contributed by atoms with Gasteiger partial charge >= 0.3 is 25.7 Å². The number of aliphatic hydroxyl groups is 3. The summed E-state index contributed by atoms with van der Waals surface area (Å²) >= 11 is 1.17. The number of carboxylic acid groups (broad SMARTS) is 1. The molecule has 0 aliphatic carbocycles. The maximum Gasteiger partial charge on any atom is 0.472 e. The number of phosphoric acid groups is 1. The number of thioether (sulfide) groups is 1. The summed E-state index contributed by atoms with van der Waals surface area (Å²) in [7, 11) is -4.78. The average molecular weight is 976 g/mol. The molecule has 384 valence electrons. The fourth-order valence-corrected chi connectivity index (χ4v) is 8.54. The molecule has 0 radical (unpaired) electrons. The van der Waals surface area contributed by atoms with E-state index >= 15 is 0 Å². The monoisotopic (exact) mass is 976 g/mol. The lowest BCUT2D eigenvalue weighted by molar-refractivity contribution is -0.161. The highest BCUT2D eigenvalue weighted by Crippen LogP contribution is 2.43. The van der Waals surface area contributed by atoms with Gasteiger partial charge in [0.05, 0.1) is 25.9 Å². The topological polar surface area (TPSA) is 232 Å². The van der Waals surface area contributed by atoms with E-state index in [0.29, 0.717) is 6.42 Å². The van der Waals surface area contributed by atoms with Gasteiger partial charge in [0.25, 0.3) is 0 Å². The highest BCUT2D eigenvalue weighted by molar-refractivity contribution is 8.00. The van der Waals surface area contributed by atoms with Crippen LogP contribution in [0.1, 0.15) is 181 Å². The lowest BCUT2D eigenvalue weighted by atomic mass is 9.99. The number of aliphatic carboxylic acids is 1. The van der Waals surface area contributed by atoms with Crippen molar-refractivity contribution < 1.29 is 62.8 Å². The summed E-state index contributed by atoms with van der Waals surface area (Å²) in [4.78, 5) is 47.0. The zero-order chi connectivity index (χ0) is 49.1. The molecule has 2 unspecified atom stereocenters. The fraction of sp³-hybridized carbons (Fsp3) is 0.780. The van der Waals surface area contributed by atoms with Crippen molar-refractivity contribution in [1.82, 2.24) is 0 Å². The van der Waals surface area contributed by atoms with Crippen molar-refractivity contribution >= 4 is 37.5 Å². The number of aliphatic hydroxyl groups excluding tert-OH is 3. The van der Waals surface area contributed by atoms with Crippen LogP contribution in [0.3, 0.4) is 0 Å². The van der Waals surface area contributed by atoms with Crippen LogP contribution in [-0.4, -0.2) is 105 Å². The van der Waals surface area contributed by atoms with Gasteiger partial charge in [0.1, 0.15) is 18.8 Å². The van der Waals surface area contributed by atoms with E-state index in [9.17, 15) is 34.1 Å². The number of carbonyl (C=O) groups excluding carboxylic acids is 2. The van der Waals surface area contributed by atoms with Crippen LogP contribution in [-0.2, 0) is 37.5 Å². The summed E-state index contributed by atoms with van der Waals surface area (Å²) < 4.78 is 33.0. The molecule has 14 nitrogen and oxygen atoms in total. The maximum atomic E-state index is 13.2. The van der Waals surface area contributed by atoms with E-state index in [1.807, 2.05) is 18.2 Å². The molecule has 0 heterocycles. The van der Waals surface area contributed by atoms with Gasteiger partial charge in [0, 0.05) is 23.8 Å². The largest absolute Gasteiger partial charge is 0.481 e. The molecule has 0 bridgehead atoms. The highest BCUT2D eigenvalue weighted by Gasteiger charge is 2.29. The smallest absolute Gasteiger partial charge is 0.472 e. The van der Waals surface area contributed by atoms with Crippen molar-refractivity contribution in [2.75, 3.05) is 32.2 Å². The van der Waals surface area contributed by atoms with Crippen LogP contribution in [0.4, 0.5) is 0 Å². The molecular weight excluding hydrogens is 886 g/mol. The maximum absolute atomic E-state index is 13.2. The molecule has 0 aliphatic heterocycles. The van der Waals surface area contributed by atoms with Crippen LogP contribution in [0.5, 0.6) is 0 Å². The van der Waals surface area contributed by atoms with Crippen molar-refractivity contribution in [3.8, 4) is 0 Å². The van der Waals surface area contributed by atoms with Gasteiger partial charge in [-0.05, 0) is 44.4 Å². The summed E-state index contributed by atoms with van der Waals surface area (Å²) in [5.74, 6) is -1.60. The first kappa shape index (κ1) is 63.7. The molecular formula is C50H90NO13PS. The standard InChI is InChI=1S/C50H90NO13PS/c1-4-6-7-8-9-10-11-17-20-23-26-29-34-47(46(54)33-31-35-48(55)56)66-41-45(51)50(58)64-44(40-63-65(59,60)62-38-43(53)37-52)39-61-49(57)36-30-27-24-21-18-15-13-12-14-16-19-22-25-28-32-42(3)5-2/h9-10,17,20,23,26,29,34,42-47,52-54H,4-8,11-16,18-19,21-22,24-25,27-28,30-33,35-41,51H2,1-3H3,(H,55,56)(H,59,60)/b10-9-,20-17-,26-23+,34-29+/t42?,43-,44+,45-,46-,47+/m0/s1. The normalized spacial score (nSPS) is 15.9. The Bertz CT molecular complexity index is 1380. The fourth-order valence-electron chi connectivity index (χ4n) is 6.63. The van der Waals surface area contributed by atoms with E-state index in [-0.39, 0.29) is 31.4 Å². The minimum absolute atomic E-state index is 0.0229. The zero-order valence-electron chi connectivity index (χ0n) is 40.7. The molecule has 0 saturated carbocycles. The number of carbonyl (C=O) groups is 3. The van der Waals surface area contributed by atoms with Crippen LogP contribution < -0.4 is 5.73 Å². The molecule has 0 aromatic carbocycles. The van der Waals surface area contributed by atoms with Gasteiger partial charge < -0.3 is 40.5 Å². The van der Waals surface area contributed by atoms with E-state index in [1.54, 1.807) is 18.2 Å². The third kappa shape index (κ3) is 40.7. The minimum Gasteiger partial charge on any atom is -0.481 e. The number of allylic oxidation sites excluding steroid dienone is 7. The first-order valence-electron chi connectivity index (χ1n) is 24.9. The van der Waals surface area contributed by atoms with Crippen molar-refractivity contribution in [1.29, 1.82) is 0 Å². The predicted molar refractivity (Wildman–Crippen MR) is 266 cm³/mol. The Labute approximate surface area is 402 Å². The Morgan fingerprint density at radius 2 is 1.32 bits per heavy atom. The summed E-state index contributed by atoms with van der Waals surface area (Å²) in [5.41, 5.74) is 6.20. The van der Waals surface area contributed by atoms with Gasteiger partial charge in [-0.1, -0.05) is 179 Å². The second-order valence-electron chi connectivity index (χ2n) is 17.3. The van der Waals surface area contributed by atoms with E-state index in [4.69, 9.17) is 34.5 Å². The molecule has 0 aromatic rings. The lowest BCUT2D eigenvalue weighted by Crippen LogP contribution is -2.40. The van der Waals surface area contributed by atoms with Gasteiger partial charge in [0.15, 0.2) is 6.10 Å². The van der Waals surface area contributed by atoms with Crippen molar-refractivity contribution in [3.05, 3.63) is 48.6 Å². The number of hydrogen-bond donors (Lipinski definition) is 6. The number of unbranched alkanes of at least 4 members (excludes halogenated alkanes) is 16. The van der Waals surface area contributed by atoms with Gasteiger partial charge in [-0.15, -0.1) is 11.8 Å². The van der Waals surface area contributed by atoms with Gasteiger partial charge in [-0.2, -0.15) is 0 Å². The molecule has 7 atom stereocenters. The van der Waals surface area contributed by atoms with Crippen LogP contribution in [0.25, 0.3) is 0 Å². The third-order valence-corrected chi connectivity index (χ3v) is 13.4. The second kappa shape index (κ2) is 43.9. The van der Waals surface area contributed by atoms with Gasteiger partial charge in [0.2, 0.25) is 0 Å². The number of hydrogen-bond acceptors (Lipinski definition) is 13. The Morgan fingerprint density at radius 1 is 0.712 bits per heavy atom. The summed E-state index contributed by atoms with van der Waals surface area (Å²) in [6, 6.07) is -1.24. The molecule has 0 amide bonds. The molecule has 16 heteroatoms. The number of esters is 2. The van der Waals surface area contributed by atoms with Crippen LogP contribution in [0, 0.1) is 5.92 Å². The molecule has 0 saturated heterocycles. The van der Waals surface area contributed by atoms with Gasteiger partial charge in [-0.3, -0.25) is 23.4 Å². The zero-order valence-corrected chi connectivity index (χ0v) is 42.4. The number of phosphoric ester groups is 1. The highest BCUT2D eigenvalue weighted by atomic mass is 32.2. The molecule has 0 spiro atoms. The van der Waals surface area contributed by atoms with E-state index in [1.165, 1.54) is 108 Å². The van der Waals surface area contributed by atoms with Gasteiger partial charge in [-0.25, -0.2) is 4.57 Å². The SMILES string of the molecule is CCCCC/C=C\C\C=C/C=C/C=C/[C@@H](SC[C@H](N)C(=O)O[C@H](COC(=O)CCCCCCCCCCCCCCCCC(C)CC)COP(=O)(O)OC[C@@H](O)CO)[C@@H](O)CCCC(=O)O. The molecule has 0 aliphatic rings. The number of carboxylic acids is 1. The molecule has 0 rings (SSSR count). The van der Waals surface area contributed by atoms with Crippen LogP contribution >= 0.6 is 19.6 Å². The first-order valence-corrected chi connectivity index (χ1v) is 27.5. The lowest BCUT2D eigenvalue weighted by Gasteiger charge is -2.23. The molecule has 66 heavy (non-hydrogen) atoms. The van der Waals surface area contributed by atoms with Crippen LogP contribution in [0.2, 0.25) is 0 Å². The summed E-state index contributed by atoms with van der Waals surface area (Å²) in [5, 5.41) is 38.0.